The third-order valence-corrected chi connectivity index (χ3v) is 8.26. The molecule has 0 aromatic heterocycles. The average Bonchev–Trinajstić information content (AvgIpc) is 3.29. The van der Waals surface area contributed by atoms with Crippen LogP contribution in [0.4, 0.5) is 13.2 Å². The second kappa shape index (κ2) is 9.95. The predicted molar refractivity (Wildman–Crippen MR) is 120 cm³/mol. The van der Waals surface area contributed by atoms with Crippen molar-refractivity contribution in [1.29, 1.82) is 0 Å². The topological polar surface area (TPSA) is 75.7 Å². The van der Waals surface area contributed by atoms with E-state index in [-0.39, 0.29) is 24.9 Å². The molecule has 0 radical (unpaired) electrons. The van der Waals surface area contributed by atoms with Crippen LogP contribution in [0.2, 0.25) is 0 Å². The smallest absolute Gasteiger partial charge is 0.416 e. The van der Waals surface area contributed by atoms with Gasteiger partial charge in [-0.15, -0.1) is 0 Å². The molecule has 0 bridgehead atoms. The van der Waals surface area contributed by atoms with Gasteiger partial charge in [-0.1, -0.05) is 12.1 Å². The summed E-state index contributed by atoms with van der Waals surface area (Å²) in [5, 5.41) is 2.83. The molecule has 0 saturated carbocycles. The summed E-state index contributed by atoms with van der Waals surface area (Å²) in [6.07, 6.45) is -0.696. The molecule has 1 amide bonds. The molecule has 0 unspecified atom stereocenters. The monoisotopic (exact) mass is 496 g/mol. The van der Waals surface area contributed by atoms with Crippen LogP contribution in [0.1, 0.15) is 36.0 Å². The van der Waals surface area contributed by atoms with Crippen LogP contribution >= 0.6 is 0 Å². The first kappa shape index (κ1) is 24.5. The van der Waals surface area contributed by atoms with Crippen molar-refractivity contribution in [3.05, 3.63) is 59.2 Å². The Morgan fingerprint density at radius 1 is 1.06 bits per heavy atom. The molecular formula is C24H27F3N2O4S. The number of amides is 1. The second-order valence-corrected chi connectivity index (χ2v) is 10.6. The Morgan fingerprint density at radius 2 is 1.79 bits per heavy atom. The molecule has 1 aliphatic heterocycles. The second-order valence-electron chi connectivity index (χ2n) is 8.63. The van der Waals surface area contributed by atoms with Crippen LogP contribution in [0.15, 0.2) is 47.4 Å². The number of sulfonamides is 1. The van der Waals surface area contributed by atoms with Gasteiger partial charge in [0.1, 0.15) is 12.4 Å². The van der Waals surface area contributed by atoms with Crippen LogP contribution in [0.25, 0.3) is 0 Å². The lowest BCUT2D eigenvalue weighted by Crippen LogP contribution is -2.43. The number of ether oxygens (including phenoxy) is 1. The first-order valence-corrected chi connectivity index (χ1v) is 12.8. The van der Waals surface area contributed by atoms with E-state index in [0.29, 0.717) is 32.1 Å². The van der Waals surface area contributed by atoms with E-state index in [4.69, 9.17) is 4.74 Å². The lowest BCUT2D eigenvalue weighted by molar-refractivity contribution is -0.137. The van der Waals surface area contributed by atoms with E-state index in [1.165, 1.54) is 11.1 Å². The highest BCUT2D eigenvalue weighted by Gasteiger charge is 2.35. The van der Waals surface area contributed by atoms with Crippen molar-refractivity contribution in [1.82, 2.24) is 9.62 Å². The van der Waals surface area contributed by atoms with Gasteiger partial charge in [0, 0.05) is 19.0 Å². The number of fused-ring (bicyclic) bond motifs is 1. The van der Waals surface area contributed by atoms with Crippen LogP contribution in [0, 0.1) is 5.92 Å². The molecule has 6 nitrogen and oxygen atoms in total. The highest BCUT2D eigenvalue weighted by Crippen LogP contribution is 2.32. The van der Waals surface area contributed by atoms with Crippen molar-refractivity contribution < 1.29 is 31.1 Å². The van der Waals surface area contributed by atoms with E-state index in [9.17, 15) is 26.4 Å². The van der Waals surface area contributed by atoms with Crippen LogP contribution in [0.5, 0.6) is 5.75 Å². The van der Waals surface area contributed by atoms with E-state index in [2.05, 4.69) is 11.4 Å². The Balaban J connectivity index is 1.24. The van der Waals surface area contributed by atoms with E-state index < -0.39 is 26.7 Å². The molecule has 4 rings (SSSR count). The number of nitrogens with zero attached hydrogens (tertiary/aromatic N) is 1. The number of carbonyl (C=O) groups is 1. The van der Waals surface area contributed by atoms with Crippen molar-refractivity contribution in [2.24, 2.45) is 5.92 Å². The maximum absolute atomic E-state index is 13.0. The molecule has 184 valence electrons. The van der Waals surface area contributed by atoms with E-state index in [1.807, 2.05) is 12.1 Å². The minimum Gasteiger partial charge on any atom is -0.492 e. The molecule has 0 spiro atoms. The Bertz CT molecular complexity index is 1140. The lowest BCUT2D eigenvalue weighted by atomic mass is 9.97. The third-order valence-electron chi connectivity index (χ3n) is 6.36. The summed E-state index contributed by atoms with van der Waals surface area (Å²) in [6.45, 7) is 0.802. The lowest BCUT2D eigenvalue weighted by Gasteiger charge is -2.30. The third kappa shape index (κ3) is 5.55. The number of hydrogen-bond donors (Lipinski definition) is 1. The average molecular weight is 497 g/mol. The Morgan fingerprint density at radius 3 is 2.53 bits per heavy atom. The van der Waals surface area contributed by atoms with E-state index in [0.717, 1.165) is 47.5 Å². The first-order chi connectivity index (χ1) is 16.1. The van der Waals surface area contributed by atoms with Gasteiger partial charge in [-0.2, -0.15) is 17.5 Å². The fourth-order valence-electron chi connectivity index (χ4n) is 4.47. The van der Waals surface area contributed by atoms with Gasteiger partial charge < -0.3 is 10.1 Å². The maximum Gasteiger partial charge on any atom is 0.416 e. The molecule has 0 atom stereocenters. The zero-order valence-electron chi connectivity index (χ0n) is 18.6. The van der Waals surface area contributed by atoms with Gasteiger partial charge in [-0.3, -0.25) is 4.79 Å². The van der Waals surface area contributed by atoms with Gasteiger partial charge in [0.05, 0.1) is 17.0 Å². The highest BCUT2D eigenvalue weighted by molar-refractivity contribution is 7.89. The van der Waals surface area contributed by atoms with Crippen molar-refractivity contribution in [2.75, 3.05) is 26.2 Å². The summed E-state index contributed by atoms with van der Waals surface area (Å²) in [5.74, 6) is 0.254. The van der Waals surface area contributed by atoms with Gasteiger partial charge in [-0.05, 0) is 73.6 Å². The predicted octanol–water partition coefficient (Wildman–Crippen LogP) is 3.79. The van der Waals surface area contributed by atoms with Crippen LogP contribution in [-0.4, -0.2) is 44.9 Å². The quantitative estimate of drug-likeness (QED) is 0.592. The maximum atomic E-state index is 13.0. The number of aryl methyl sites for hydroxylation is 2. The van der Waals surface area contributed by atoms with Crippen molar-refractivity contribution in [2.45, 2.75) is 43.2 Å². The molecule has 1 N–H and O–H groups in total. The summed E-state index contributed by atoms with van der Waals surface area (Å²) >= 11 is 0. The van der Waals surface area contributed by atoms with E-state index in [1.54, 1.807) is 0 Å². The van der Waals surface area contributed by atoms with Gasteiger partial charge in [0.2, 0.25) is 15.9 Å². The number of carbonyl (C=O) groups excluding carboxylic acids is 1. The molecule has 1 fully saturated rings. The van der Waals surface area contributed by atoms with Gasteiger partial charge in [-0.25, -0.2) is 8.42 Å². The van der Waals surface area contributed by atoms with E-state index >= 15 is 0 Å². The molecule has 10 heteroatoms. The fourth-order valence-corrected chi connectivity index (χ4v) is 5.98. The first-order valence-electron chi connectivity index (χ1n) is 11.3. The number of rotatable bonds is 7. The molecule has 1 heterocycles. The Labute approximate surface area is 197 Å². The zero-order chi connectivity index (χ0) is 24.3. The Hall–Kier alpha value is -2.59. The normalized spacial score (nSPS) is 17.4. The van der Waals surface area contributed by atoms with Crippen LogP contribution in [0.3, 0.4) is 0 Å². The summed E-state index contributed by atoms with van der Waals surface area (Å²) in [4.78, 5) is 12.1. The summed E-state index contributed by atoms with van der Waals surface area (Å²) < 4.78 is 71.3. The summed E-state index contributed by atoms with van der Waals surface area (Å²) in [5.41, 5.74) is 1.67. The highest BCUT2D eigenvalue weighted by atomic mass is 32.2. The van der Waals surface area contributed by atoms with Gasteiger partial charge in [0.15, 0.2) is 0 Å². The summed E-state index contributed by atoms with van der Waals surface area (Å²) in [7, 11) is -4.07. The molecule has 2 aromatic rings. The molecular weight excluding hydrogens is 469 g/mol. The molecule has 2 aromatic carbocycles. The summed E-state index contributed by atoms with van der Waals surface area (Å²) in [6, 6.07) is 9.79. The van der Waals surface area contributed by atoms with Crippen molar-refractivity contribution >= 4 is 15.9 Å². The SMILES string of the molecule is O=C(NCCOc1ccc2c(c1)CCC2)C1CCN(S(=O)(=O)c2cccc(C(F)(F)F)c2)CC1. The number of halogens is 3. The molecule has 2 aliphatic rings. The van der Waals surface area contributed by atoms with Crippen molar-refractivity contribution in [3.63, 3.8) is 0 Å². The number of nitrogens with one attached hydrogen (secondary N) is 1. The molecule has 1 aliphatic carbocycles. The molecule has 1 saturated heterocycles. The number of alkyl halides is 3. The van der Waals surface area contributed by atoms with Crippen LogP contribution in [-0.2, 0) is 33.8 Å². The standard InChI is InChI=1S/C24H27F3N2O4S/c25-24(26,27)20-5-2-6-22(16-20)34(31,32)29-12-9-18(10-13-29)23(30)28-11-14-33-21-8-7-17-3-1-4-19(17)15-21/h2,5-8,15-16,18H,1,3-4,9-14H2,(H,28,30). The number of benzene rings is 2. The van der Waals surface area contributed by atoms with Crippen molar-refractivity contribution in [3.8, 4) is 5.75 Å². The van der Waals surface area contributed by atoms with Gasteiger partial charge in [0.25, 0.3) is 0 Å². The number of hydrogen-bond acceptors (Lipinski definition) is 4. The van der Waals surface area contributed by atoms with Gasteiger partial charge >= 0.3 is 6.18 Å². The Kier molecular flexibility index (Phi) is 7.18. The minimum atomic E-state index is -4.62. The number of piperidine rings is 1. The zero-order valence-corrected chi connectivity index (χ0v) is 19.4. The fraction of sp³-hybridized carbons (Fsp3) is 0.458. The largest absolute Gasteiger partial charge is 0.492 e. The minimum absolute atomic E-state index is 0.0717. The van der Waals surface area contributed by atoms with Crippen LogP contribution < -0.4 is 10.1 Å². The molecule has 34 heavy (non-hydrogen) atoms.